The average Bonchev–Trinajstić information content (AvgIpc) is 2.42. The van der Waals surface area contributed by atoms with E-state index in [1.807, 2.05) is 6.92 Å². The molecule has 0 atom stereocenters. The molecular formula is C15H21N3O. The minimum atomic E-state index is -0.0328. The number of hydrogen-bond donors (Lipinski definition) is 1. The third kappa shape index (κ3) is 4.72. The summed E-state index contributed by atoms with van der Waals surface area (Å²) in [7, 11) is 0. The van der Waals surface area contributed by atoms with Crippen molar-refractivity contribution in [2.45, 2.75) is 20.8 Å². The fourth-order valence-electron chi connectivity index (χ4n) is 1.71. The van der Waals surface area contributed by atoms with Crippen LogP contribution in [0.3, 0.4) is 0 Å². The van der Waals surface area contributed by atoms with E-state index >= 15 is 0 Å². The molecule has 0 spiro atoms. The maximum Gasteiger partial charge on any atom is 0.272 e. The number of aromatic nitrogens is 1. The van der Waals surface area contributed by atoms with Gasteiger partial charge in [0.15, 0.2) is 0 Å². The number of carbonyl (C=O) groups excluding carboxylic acids is 1. The molecule has 4 nitrogen and oxygen atoms in total. The Morgan fingerprint density at radius 3 is 2.68 bits per heavy atom. The summed E-state index contributed by atoms with van der Waals surface area (Å²) in [5, 5.41) is 0. The first-order chi connectivity index (χ1) is 9.08. The van der Waals surface area contributed by atoms with E-state index < -0.39 is 0 Å². The van der Waals surface area contributed by atoms with Crippen LogP contribution >= 0.6 is 0 Å². The molecule has 102 valence electrons. The lowest BCUT2D eigenvalue weighted by molar-refractivity contribution is 0.0740. The predicted octanol–water partition coefficient (Wildman–Crippen LogP) is 1.51. The fourth-order valence-corrected chi connectivity index (χ4v) is 1.71. The number of carbonyl (C=O) groups is 1. The van der Waals surface area contributed by atoms with Crippen LogP contribution in [0.2, 0.25) is 0 Å². The summed E-state index contributed by atoms with van der Waals surface area (Å²) in [4.78, 5) is 18.2. The van der Waals surface area contributed by atoms with E-state index in [9.17, 15) is 4.79 Å². The van der Waals surface area contributed by atoms with E-state index in [2.05, 4.69) is 30.7 Å². The molecule has 2 N–H and O–H groups in total. The van der Waals surface area contributed by atoms with E-state index in [1.54, 1.807) is 23.2 Å². The smallest absolute Gasteiger partial charge is 0.272 e. The zero-order chi connectivity index (χ0) is 14.3. The summed E-state index contributed by atoms with van der Waals surface area (Å²) in [6.45, 7) is 7.91. The molecule has 0 fully saturated rings. The first-order valence-corrected chi connectivity index (χ1v) is 6.52. The molecule has 0 aliphatic heterocycles. The van der Waals surface area contributed by atoms with E-state index in [-0.39, 0.29) is 5.91 Å². The van der Waals surface area contributed by atoms with Gasteiger partial charge < -0.3 is 10.6 Å². The number of rotatable bonds is 4. The molecule has 1 amide bonds. The molecule has 0 unspecified atom stereocenters. The topological polar surface area (TPSA) is 59.2 Å². The molecule has 0 radical (unpaired) electrons. The van der Waals surface area contributed by atoms with E-state index in [0.29, 0.717) is 24.7 Å². The first kappa shape index (κ1) is 15.2. The average molecular weight is 259 g/mol. The van der Waals surface area contributed by atoms with E-state index in [0.717, 1.165) is 12.1 Å². The summed E-state index contributed by atoms with van der Waals surface area (Å²) >= 11 is 0. The van der Waals surface area contributed by atoms with Crippen LogP contribution in [0.15, 0.2) is 18.3 Å². The number of hydrogen-bond acceptors (Lipinski definition) is 3. The Morgan fingerprint density at radius 1 is 1.47 bits per heavy atom. The summed E-state index contributed by atoms with van der Waals surface area (Å²) in [6, 6.07) is 3.51. The number of pyridine rings is 1. The van der Waals surface area contributed by atoms with Gasteiger partial charge in [-0.1, -0.05) is 25.7 Å². The number of amides is 1. The Morgan fingerprint density at radius 2 is 2.21 bits per heavy atom. The van der Waals surface area contributed by atoms with Crippen LogP contribution in [0.5, 0.6) is 0 Å². The van der Waals surface area contributed by atoms with Crippen LogP contribution in [0.1, 0.15) is 36.8 Å². The van der Waals surface area contributed by atoms with Gasteiger partial charge in [-0.3, -0.25) is 4.79 Å². The predicted molar refractivity (Wildman–Crippen MR) is 76.6 cm³/mol. The molecule has 1 rings (SSSR count). The van der Waals surface area contributed by atoms with Crippen LogP contribution in [0, 0.1) is 17.8 Å². The molecule has 1 heterocycles. The van der Waals surface area contributed by atoms with Crippen molar-refractivity contribution in [3.63, 3.8) is 0 Å². The van der Waals surface area contributed by atoms with Crippen molar-refractivity contribution in [1.82, 2.24) is 9.88 Å². The van der Waals surface area contributed by atoms with Gasteiger partial charge >= 0.3 is 0 Å². The Balaban J connectivity index is 2.81. The SMILES string of the molecule is CCN(CC(C)C)C(=O)c1ccc(C#CCN)cn1. The molecule has 0 saturated heterocycles. The lowest BCUT2D eigenvalue weighted by Gasteiger charge is -2.22. The quantitative estimate of drug-likeness (QED) is 0.834. The highest BCUT2D eigenvalue weighted by Gasteiger charge is 2.16. The van der Waals surface area contributed by atoms with Crippen LogP contribution in [0.25, 0.3) is 0 Å². The minimum absolute atomic E-state index is 0.0328. The van der Waals surface area contributed by atoms with Crippen molar-refractivity contribution < 1.29 is 4.79 Å². The van der Waals surface area contributed by atoms with Crippen molar-refractivity contribution in [2.24, 2.45) is 11.7 Å². The van der Waals surface area contributed by atoms with Gasteiger partial charge in [-0.2, -0.15) is 0 Å². The Labute approximate surface area is 115 Å². The zero-order valence-corrected chi connectivity index (χ0v) is 11.8. The molecule has 19 heavy (non-hydrogen) atoms. The first-order valence-electron chi connectivity index (χ1n) is 6.52. The second-order valence-electron chi connectivity index (χ2n) is 4.68. The van der Waals surface area contributed by atoms with Crippen LogP contribution in [-0.4, -0.2) is 35.4 Å². The second-order valence-corrected chi connectivity index (χ2v) is 4.68. The van der Waals surface area contributed by atoms with Gasteiger partial charge in [-0.15, -0.1) is 0 Å². The van der Waals surface area contributed by atoms with Gasteiger partial charge in [0, 0.05) is 24.8 Å². The fraction of sp³-hybridized carbons (Fsp3) is 0.467. The lowest BCUT2D eigenvalue weighted by Crippen LogP contribution is -2.34. The Bertz CT molecular complexity index is 468. The van der Waals surface area contributed by atoms with Crippen LogP contribution < -0.4 is 5.73 Å². The van der Waals surface area contributed by atoms with Gasteiger partial charge in [-0.05, 0) is 25.0 Å². The summed E-state index contributed by atoms with van der Waals surface area (Å²) in [6.07, 6.45) is 1.61. The summed E-state index contributed by atoms with van der Waals surface area (Å²) < 4.78 is 0. The molecule has 1 aromatic heterocycles. The minimum Gasteiger partial charge on any atom is -0.337 e. The largest absolute Gasteiger partial charge is 0.337 e. The van der Waals surface area contributed by atoms with Gasteiger partial charge in [0.1, 0.15) is 5.69 Å². The van der Waals surface area contributed by atoms with Gasteiger partial charge in [0.05, 0.1) is 6.54 Å². The van der Waals surface area contributed by atoms with Crippen LogP contribution in [0.4, 0.5) is 0 Å². The zero-order valence-electron chi connectivity index (χ0n) is 11.8. The maximum absolute atomic E-state index is 12.2. The van der Waals surface area contributed by atoms with Crippen molar-refractivity contribution >= 4 is 5.91 Å². The van der Waals surface area contributed by atoms with Gasteiger partial charge in [-0.25, -0.2) is 4.98 Å². The normalized spacial score (nSPS) is 9.95. The third-order valence-corrected chi connectivity index (χ3v) is 2.57. The van der Waals surface area contributed by atoms with Crippen molar-refractivity contribution in [1.29, 1.82) is 0 Å². The highest BCUT2D eigenvalue weighted by Crippen LogP contribution is 2.06. The maximum atomic E-state index is 12.2. The standard InChI is InChI=1S/C15H21N3O/c1-4-18(11-12(2)3)15(19)14-8-7-13(10-17-14)6-5-9-16/h7-8,10,12H,4,9,11,16H2,1-3H3. The number of nitrogens with zero attached hydrogens (tertiary/aromatic N) is 2. The van der Waals surface area contributed by atoms with Gasteiger partial charge in [0.25, 0.3) is 5.91 Å². The molecule has 0 aliphatic carbocycles. The van der Waals surface area contributed by atoms with Crippen molar-refractivity contribution in [2.75, 3.05) is 19.6 Å². The molecule has 0 saturated carbocycles. The third-order valence-electron chi connectivity index (χ3n) is 2.57. The molecule has 1 aromatic rings. The van der Waals surface area contributed by atoms with E-state index in [4.69, 9.17) is 5.73 Å². The highest BCUT2D eigenvalue weighted by molar-refractivity contribution is 5.92. The van der Waals surface area contributed by atoms with Crippen molar-refractivity contribution in [3.05, 3.63) is 29.6 Å². The number of nitrogens with two attached hydrogens (primary N) is 1. The Hall–Kier alpha value is -1.86. The molecule has 0 bridgehead atoms. The lowest BCUT2D eigenvalue weighted by atomic mass is 10.2. The monoisotopic (exact) mass is 259 g/mol. The van der Waals surface area contributed by atoms with Gasteiger partial charge in [0.2, 0.25) is 0 Å². The molecular weight excluding hydrogens is 238 g/mol. The Kier molecular flexibility index (Phi) is 6.04. The van der Waals surface area contributed by atoms with Crippen molar-refractivity contribution in [3.8, 4) is 11.8 Å². The molecule has 0 aromatic carbocycles. The summed E-state index contributed by atoms with van der Waals surface area (Å²) in [5.74, 6) is 6.05. The second kappa shape index (κ2) is 7.55. The summed E-state index contributed by atoms with van der Waals surface area (Å²) in [5.41, 5.74) is 6.53. The van der Waals surface area contributed by atoms with Crippen LogP contribution in [-0.2, 0) is 0 Å². The highest BCUT2D eigenvalue weighted by atomic mass is 16.2. The molecule has 0 aliphatic rings. The molecule has 4 heteroatoms. The van der Waals surface area contributed by atoms with E-state index in [1.165, 1.54) is 0 Å².